The fraction of sp³-hybridized carbons (Fsp3) is 0.750. The van der Waals surface area contributed by atoms with Gasteiger partial charge in [0.05, 0.1) is 12.7 Å². The molecule has 3 atom stereocenters. The Balaban J connectivity index is 2.14. The highest BCUT2D eigenvalue weighted by Gasteiger charge is 2.33. The minimum absolute atomic E-state index is 0.277. The molecule has 0 aromatic heterocycles. The van der Waals surface area contributed by atoms with E-state index in [0.717, 1.165) is 19.4 Å². The van der Waals surface area contributed by atoms with Crippen molar-refractivity contribution in [1.82, 2.24) is 0 Å². The van der Waals surface area contributed by atoms with Gasteiger partial charge in [-0.15, -0.1) is 11.6 Å². The summed E-state index contributed by atoms with van der Waals surface area (Å²) in [6.07, 6.45) is 4.49. The van der Waals surface area contributed by atoms with E-state index in [-0.39, 0.29) is 5.38 Å². The summed E-state index contributed by atoms with van der Waals surface area (Å²) < 4.78 is 5.49. The van der Waals surface area contributed by atoms with Crippen molar-refractivity contribution in [2.24, 2.45) is 0 Å². The van der Waals surface area contributed by atoms with Crippen LogP contribution in [0.1, 0.15) is 12.8 Å². The topological polar surface area (TPSA) is 9.23 Å². The minimum atomic E-state index is 0.277. The number of halogens is 2. The molecule has 62 valence electrons. The number of ether oxygens (including phenoxy) is 1. The Labute approximate surface area is 79.9 Å². The molecule has 0 bridgehead atoms. The zero-order chi connectivity index (χ0) is 7.84. The molecule has 1 aliphatic heterocycles. The van der Waals surface area contributed by atoms with Gasteiger partial charge in [0, 0.05) is 10.2 Å². The van der Waals surface area contributed by atoms with Crippen molar-refractivity contribution in [1.29, 1.82) is 0 Å². The molecule has 0 unspecified atom stereocenters. The molecule has 3 heteroatoms. The molecule has 0 saturated heterocycles. The zero-order valence-electron chi connectivity index (χ0n) is 6.09. The first-order chi connectivity index (χ1) is 5.27. The second-order valence-corrected chi connectivity index (χ2v) is 4.78. The Morgan fingerprint density at radius 1 is 1.55 bits per heavy atom. The van der Waals surface area contributed by atoms with Crippen LogP contribution >= 0.6 is 27.5 Å². The Morgan fingerprint density at radius 2 is 2.36 bits per heavy atom. The van der Waals surface area contributed by atoms with Crippen LogP contribution in [-0.4, -0.2) is 22.9 Å². The van der Waals surface area contributed by atoms with Crippen molar-refractivity contribution < 1.29 is 4.74 Å². The number of alkyl halides is 2. The smallest absolute Gasteiger partial charge is 0.0815 e. The molecule has 1 nitrogen and oxygen atoms in total. The van der Waals surface area contributed by atoms with E-state index in [4.69, 9.17) is 16.3 Å². The summed E-state index contributed by atoms with van der Waals surface area (Å²) >= 11 is 9.64. The second-order valence-electron chi connectivity index (χ2n) is 3.06. The van der Waals surface area contributed by atoms with E-state index in [9.17, 15) is 0 Å². The van der Waals surface area contributed by atoms with Crippen LogP contribution in [-0.2, 0) is 4.74 Å². The van der Waals surface area contributed by atoms with Crippen LogP contribution in [0.5, 0.6) is 0 Å². The summed E-state index contributed by atoms with van der Waals surface area (Å²) in [7, 11) is 0. The second kappa shape index (κ2) is 3.08. The van der Waals surface area contributed by atoms with Gasteiger partial charge in [-0.2, -0.15) is 0 Å². The van der Waals surface area contributed by atoms with Crippen molar-refractivity contribution >= 4 is 27.5 Å². The van der Waals surface area contributed by atoms with Crippen molar-refractivity contribution in [2.45, 2.75) is 29.1 Å². The lowest BCUT2D eigenvalue weighted by atomic mass is 9.92. The van der Waals surface area contributed by atoms with Crippen molar-refractivity contribution in [3.63, 3.8) is 0 Å². The third-order valence-electron chi connectivity index (χ3n) is 2.28. The molecule has 1 heterocycles. The predicted molar refractivity (Wildman–Crippen MR) is 49.4 cm³/mol. The van der Waals surface area contributed by atoms with E-state index in [0.29, 0.717) is 10.9 Å². The molecule has 11 heavy (non-hydrogen) atoms. The minimum Gasteiger partial charge on any atom is -0.370 e. The maximum absolute atomic E-state index is 6.04. The van der Waals surface area contributed by atoms with Gasteiger partial charge in [0.15, 0.2) is 0 Å². The maximum Gasteiger partial charge on any atom is 0.0815 e. The lowest BCUT2D eigenvalue weighted by Crippen LogP contribution is -2.29. The Kier molecular flexibility index (Phi) is 2.26. The van der Waals surface area contributed by atoms with Crippen LogP contribution in [0.15, 0.2) is 11.6 Å². The van der Waals surface area contributed by atoms with E-state index in [2.05, 4.69) is 22.0 Å². The lowest BCUT2D eigenvalue weighted by Gasteiger charge is -2.28. The summed E-state index contributed by atoms with van der Waals surface area (Å²) in [4.78, 5) is 0.450. The van der Waals surface area contributed by atoms with Gasteiger partial charge < -0.3 is 4.74 Å². The Morgan fingerprint density at radius 3 is 3.18 bits per heavy atom. The molecule has 1 aliphatic carbocycles. The first kappa shape index (κ1) is 8.09. The molecule has 2 rings (SSSR count). The fourth-order valence-electron chi connectivity index (χ4n) is 1.71. The monoisotopic (exact) mass is 236 g/mol. The van der Waals surface area contributed by atoms with Crippen molar-refractivity contribution in [2.75, 3.05) is 6.61 Å². The standard InChI is InChI=1S/C8H10BrClO/c9-7-3-5(10)4-8-6(7)1-2-11-8/h1,5,7-8H,2-4H2/t5-,7-,8+/m0/s1. The van der Waals surface area contributed by atoms with Gasteiger partial charge in [0.2, 0.25) is 0 Å². The van der Waals surface area contributed by atoms with Crippen molar-refractivity contribution in [3.05, 3.63) is 11.6 Å². The molecule has 0 N–H and O–H groups in total. The SMILES string of the molecule is Cl[C@H]1C[C@H](Br)C2=CCO[C@@H]2C1. The average molecular weight is 238 g/mol. The van der Waals surface area contributed by atoms with Crippen LogP contribution < -0.4 is 0 Å². The highest BCUT2D eigenvalue weighted by Crippen LogP contribution is 2.36. The van der Waals surface area contributed by atoms with E-state index in [1.165, 1.54) is 5.57 Å². The third kappa shape index (κ3) is 1.49. The molecule has 0 aromatic rings. The predicted octanol–water partition coefficient (Wildman–Crippen LogP) is 2.48. The average Bonchev–Trinajstić information content (AvgIpc) is 2.34. The molecular weight excluding hydrogens is 227 g/mol. The molecular formula is C8H10BrClO. The summed E-state index contributed by atoms with van der Waals surface area (Å²) in [5.74, 6) is 0. The van der Waals surface area contributed by atoms with Gasteiger partial charge in [0.25, 0.3) is 0 Å². The third-order valence-corrected chi connectivity index (χ3v) is 3.54. The van der Waals surface area contributed by atoms with Crippen LogP contribution in [0.3, 0.4) is 0 Å². The zero-order valence-corrected chi connectivity index (χ0v) is 8.44. The van der Waals surface area contributed by atoms with Gasteiger partial charge in [-0.25, -0.2) is 0 Å². The van der Waals surface area contributed by atoms with E-state index in [1.807, 2.05) is 0 Å². The summed E-state index contributed by atoms with van der Waals surface area (Å²) in [6.45, 7) is 0.770. The number of fused-ring (bicyclic) bond motifs is 1. The first-order valence-electron chi connectivity index (χ1n) is 3.87. The highest BCUT2D eigenvalue weighted by atomic mass is 79.9. The van der Waals surface area contributed by atoms with Crippen LogP contribution in [0.2, 0.25) is 0 Å². The van der Waals surface area contributed by atoms with Gasteiger partial charge >= 0.3 is 0 Å². The highest BCUT2D eigenvalue weighted by molar-refractivity contribution is 9.09. The fourth-order valence-corrected chi connectivity index (χ4v) is 3.20. The van der Waals surface area contributed by atoms with Crippen LogP contribution in [0, 0.1) is 0 Å². The molecule has 0 spiro atoms. The maximum atomic E-state index is 6.04. The van der Waals surface area contributed by atoms with Crippen LogP contribution in [0.4, 0.5) is 0 Å². The molecule has 1 saturated carbocycles. The van der Waals surface area contributed by atoms with E-state index < -0.39 is 0 Å². The molecule has 0 aromatic carbocycles. The largest absolute Gasteiger partial charge is 0.370 e. The summed E-state index contributed by atoms with van der Waals surface area (Å²) in [6, 6.07) is 0. The van der Waals surface area contributed by atoms with E-state index >= 15 is 0 Å². The Hall–Kier alpha value is 0.470. The van der Waals surface area contributed by atoms with Gasteiger partial charge in [0.1, 0.15) is 0 Å². The number of hydrogen-bond donors (Lipinski definition) is 0. The quantitative estimate of drug-likeness (QED) is 0.465. The Bertz CT molecular complexity index is 193. The van der Waals surface area contributed by atoms with Crippen molar-refractivity contribution in [3.8, 4) is 0 Å². The number of rotatable bonds is 0. The van der Waals surface area contributed by atoms with Gasteiger partial charge in [-0.05, 0) is 18.4 Å². The molecule has 1 fully saturated rings. The summed E-state index contributed by atoms with van der Waals surface area (Å²) in [5.41, 5.74) is 1.40. The molecule has 0 radical (unpaired) electrons. The normalized spacial score (nSPS) is 43.5. The lowest BCUT2D eigenvalue weighted by molar-refractivity contribution is 0.106. The van der Waals surface area contributed by atoms with Crippen LogP contribution in [0.25, 0.3) is 0 Å². The summed E-state index contributed by atoms with van der Waals surface area (Å²) in [5, 5.41) is 0.277. The number of hydrogen-bond acceptors (Lipinski definition) is 1. The molecule has 0 amide bonds. The first-order valence-corrected chi connectivity index (χ1v) is 5.22. The van der Waals surface area contributed by atoms with Gasteiger partial charge in [-0.3, -0.25) is 0 Å². The van der Waals surface area contributed by atoms with Gasteiger partial charge in [-0.1, -0.05) is 22.0 Å². The molecule has 2 aliphatic rings. The van der Waals surface area contributed by atoms with E-state index in [1.54, 1.807) is 0 Å².